The van der Waals surface area contributed by atoms with Gasteiger partial charge in [-0.2, -0.15) is 0 Å². The van der Waals surface area contributed by atoms with Gasteiger partial charge in [0.15, 0.2) is 5.72 Å². The zero-order valence-electron chi connectivity index (χ0n) is 4.85. The summed E-state index contributed by atoms with van der Waals surface area (Å²) in [5, 5.41) is 3.13. The lowest BCUT2D eigenvalue weighted by molar-refractivity contribution is 0.102. The van der Waals surface area contributed by atoms with Crippen LogP contribution in [0.5, 0.6) is 0 Å². The molecule has 1 aliphatic carbocycles. The van der Waals surface area contributed by atoms with E-state index in [4.69, 9.17) is 4.74 Å². The zero-order valence-corrected chi connectivity index (χ0v) is 4.85. The predicted octanol–water partition coefficient (Wildman–Crippen LogP) is 0.466. The minimum atomic E-state index is 0.0417. The summed E-state index contributed by atoms with van der Waals surface area (Å²) >= 11 is 0. The molecule has 44 valence electrons. The number of hydrogen-bond donors (Lipinski definition) is 1. The second-order valence-corrected chi connectivity index (χ2v) is 2.40. The van der Waals surface area contributed by atoms with Crippen molar-refractivity contribution in [3.8, 4) is 0 Å². The molecule has 1 heterocycles. The van der Waals surface area contributed by atoms with Crippen LogP contribution in [0.2, 0.25) is 0 Å². The summed E-state index contributed by atoms with van der Waals surface area (Å²) < 4.78 is 5.27. The first-order valence-corrected chi connectivity index (χ1v) is 2.91. The third-order valence-electron chi connectivity index (χ3n) is 1.97. The van der Waals surface area contributed by atoms with E-state index in [2.05, 4.69) is 11.4 Å². The van der Waals surface area contributed by atoms with Gasteiger partial charge in [0.1, 0.15) is 0 Å². The topological polar surface area (TPSA) is 21.3 Å². The molecular weight excluding hydrogens is 102 g/mol. The SMILES string of the molecule is CNC12CC1C=CO2. The number of ether oxygens (including phenoxy) is 1. The van der Waals surface area contributed by atoms with E-state index in [1.807, 2.05) is 7.05 Å². The summed E-state index contributed by atoms with van der Waals surface area (Å²) in [5.41, 5.74) is 0.0417. The van der Waals surface area contributed by atoms with Gasteiger partial charge in [-0.25, -0.2) is 0 Å². The third kappa shape index (κ3) is 0.325. The Bertz CT molecular complexity index is 143. The zero-order chi connectivity index (χ0) is 5.61. The van der Waals surface area contributed by atoms with Crippen molar-refractivity contribution >= 4 is 0 Å². The van der Waals surface area contributed by atoms with Gasteiger partial charge in [-0.05, 0) is 13.1 Å². The van der Waals surface area contributed by atoms with Crippen molar-refractivity contribution in [1.29, 1.82) is 0 Å². The Morgan fingerprint density at radius 2 is 2.75 bits per heavy atom. The fraction of sp³-hybridized carbons (Fsp3) is 0.667. The highest BCUT2D eigenvalue weighted by atomic mass is 16.5. The Kier molecular flexibility index (Phi) is 0.591. The highest BCUT2D eigenvalue weighted by Gasteiger charge is 2.56. The molecule has 2 rings (SSSR count). The van der Waals surface area contributed by atoms with Crippen LogP contribution in [0.15, 0.2) is 12.3 Å². The average Bonchev–Trinajstić information content (AvgIpc) is 2.38. The van der Waals surface area contributed by atoms with Crippen molar-refractivity contribution in [2.24, 2.45) is 5.92 Å². The van der Waals surface area contributed by atoms with Gasteiger partial charge in [-0.3, -0.25) is 5.32 Å². The Balaban J connectivity index is 2.15. The summed E-state index contributed by atoms with van der Waals surface area (Å²) in [7, 11) is 1.94. The second kappa shape index (κ2) is 1.08. The van der Waals surface area contributed by atoms with E-state index < -0.39 is 0 Å². The van der Waals surface area contributed by atoms with E-state index >= 15 is 0 Å². The molecule has 0 amide bonds. The quantitative estimate of drug-likeness (QED) is 0.531. The van der Waals surface area contributed by atoms with Crippen molar-refractivity contribution in [2.45, 2.75) is 12.1 Å². The van der Waals surface area contributed by atoms with Gasteiger partial charge < -0.3 is 4.74 Å². The molecule has 1 saturated carbocycles. The summed E-state index contributed by atoms with van der Waals surface area (Å²) in [6.07, 6.45) is 5.04. The smallest absolute Gasteiger partial charge is 0.167 e. The van der Waals surface area contributed by atoms with Crippen LogP contribution in [0.1, 0.15) is 6.42 Å². The monoisotopic (exact) mass is 111 g/mol. The maximum Gasteiger partial charge on any atom is 0.167 e. The van der Waals surface area contributed by atoms with Crippen molar-refractivity contribution in [3.05, 3.63) is 12.3 Å². The van der Waals surface area contributed by atoms with Crippen LogP contribution in [0, 0.1) is 5.92 Å². The van der Waals surface area contributed by atoms with E-state index in [1.54, 1.807) is 6.26 Å². The Hall–Kier alpha value is -0.500. The van der Waals surface area contributed by atoms with Crippen LogP contribution in [0.3, 0.4) is 0 Å². The van der Waals surface area contributed by atoms with Gasteiger partial charge in [0, 0.05) is 12.3 Å². The molecule has 0 aromatic carbocycles. The molecule has 1 aliphatic heterocycles. The van der Waals surface area contributed by atoms with E-state index in [1.165, 1.54) is 0 Å². The molecule has 0 radical (unpaired) electrons. The first-order valence-electron chi connectivity index (χ1n) is 2.91. The molecule has 2 unspecified atom stereocenters. The fourth-order valence-electron chi connectivity index (χ4n) is 1.23. The van der Waals surface area contributed by atoms with Crippen LogP contribution >= 0.6 is 0 Å². The summed E-state index contributed by atoms with van der Waals surface area (Å²) in [6, 6.07) is 0. The normalized spacial score (nSPS) is 48.4. The molecule has 1 fully saturated rings. The van der Waals surface area contributed by atoms with E-state index in [9.17, 15) is 0 Å². The minimum absolute atomic E-state index is 0.0417. The number of fused-ring (bicyclic) bond motifs is 1. The van der Waals surface area contributed by atoms with Crippen LogP contribution in [0.4, 0.5) is 0 Å². The number of nitrogens with one attached hydrogen (secondary N) is 1. The van der Waals surface area contributed by atoms with Gasteiger partial charge in [-0.1, -0.05) is 0 Å². The Morgan fingerprint density at radius 3 is 3.00 bits per heavy atom. The second-order valence-electron chi connectivity index (χ2n) is 2.40. The molecule has 0 bridgehead atoms. The van der Waals surface area contributed by atoms with Gasteiger partial charge in [0.05, 0.1) is 6.26 Å². The van der Waals surface area contributed by atoms with Gasteiger partial charge >= 0.3 is 0 Å². The standard InChI is InChI=1S/C6H9NO/c1-7-6-4-5(6)2-3-8-6/h2-3,5,7H,4H2,1H3. The minimum Gasteiger partial charge on any atom is -0.480 e. The van der Waals surface area contributed by atoms with Crippen molar-refractivity contribution in [2.75, 3.05) is 7.05 Å². The van der Waals surface area contributed by atoms with E-state index in [0.717, 1.165) is 6.42 Å². The summed E-state index contributed by atoms with van der Waals surface area (Å²) in [6.45, 7) is 0. The van der Waals surface area contributed by atoms with E-state index in [0.29, 0.717) is 5.92 Å². The Labute approximate surface area is 48.5 Å². The lowest BCUT2D eigenvalue weighted by Crippen LogP contribution is -2.28. The highest BCUT2D eigenvalue weighted by molar-refractivity contribution is 5.17. The maximum absolute atomic E-state index is 5.27. The molecule has 2 nitrogen and oxygen atoms in total. The number of rotatable bonds is 1. The summed E-state index contributed by atoms with van der Waals surface area (Å²) in [5.74, 6) is 0.660. The van der Waals surface area contributed by atoms with Crippen LogP contribution in [-0.4, -0.2) is 12.8 Å². The van der Waals surface area contributed by atoms with Crippen molar-refractivity contribution in [1.82, 2.24) is 5.32 Å². The number of hydrogen-bond acceptors (Lipinski definition) is 2. The van der Waals surface area contributed by atoms with Gasteiger partial charge in [0.25, 0.3) is 0 Å². The molecule has 0 spiro atoms. The highest BCUT2D eigenvalue weighted by Crippen LogP contribution is 2.49. The van der Waals surface area contributed by atoms with Crippen LogP contribution < -0.4 is 5.32 Å². The molecule has 0 aromatic heterocycles. The maximum atomic E-state index is 5.27. The average molecular weight is 111 g/mol. The molecule has 0 saturated heterocycles. The lowest BCUT2D eigenvalue weighted by atomic mass is 10.4. The molecular formula is C6H9NO. The van der Waals surface area contributed by atoms with Crippen molar-refractivity contribution < 1.29 is 4.74 Å². The first-order chi connectivity index (χ1) is 3.87. The third-order valence-corrected chi connectivity index (χ3v) is 1.97. The molecule has 2 aliphatic rings. The molecule has 2 heteroatoms. The predicted molar refractivity (Wildman–Crippen MR) is 30.1 cm³/mol. The Morgan fingerprint density at radius 1 is 1.88 bits per heavy atom. The van der Waals surface area contributed by atoms with Gasteiger partial charge in [0.2, 0.25) is 0 Å². The molecule has 2 atom stereocenters. The van der Waals surface area contributed by atoms with Crippen LogP contribution in [-0.2, 0) is 4.74 Å². The largest absolute Gasteiger partial charge is 0.480 e. The lowest BCUT2D eigenvalue weighted by Gasteiger charge is -2.09. The summed E-state index contributed by atoms with van der Waals surface area (Å²) in [4.78, 5) is 0. The molecule has 0 aromatic rings. The van der Waals surface area contributed by atoms with Crippen LogP contribution in [0.25, 0.3) is 0 Å². The van der Waals surface area contributed by atoms with E-state index in [-0.39, 0.29) is 5.72 Å². The van der Waals surface area contributed by atoms with Gasteiger partial charge in [-0.15, -0.1) is 0 Å². The van der Waals surface area contributed by atoms with Crippen molar-refractivity contribution in [3.63, 3.8) is 0 Å². The molecule has 8 heavy (non-hydrogen) atoms. The molecule has 1 N–H and O–H groups in total. The first kappa shape index (κ1) is 4.39. The fourth-order valence-corrected chi connectivity index (χ4v) is 1.23.